The minimum absolute atomic E-state index is 0.155. The van der Waals surface area contributed by atoms with Gasteiger partial charge in [0, 0.05) is 18.1 Å². The Labute approximate surface area is 215 Å². The molecule has 186 valence electrons. The normalized spacial score (nSPS) is 11.8. The fourth-order valence-corrected chi connectivity index (χ4v) is 4.52. The summed E-state index contributed by atoms with van der Waals surface area (Å²) in [5.41, 5.74) is 1.87. The molecule has 0 spiro atoms. The number of methoxy groups -OCH3 is 1. The Morgan fingerprint density at radius 3 is 2.50 bits per heavy atom. The van der Waals surface area contributed by atoms with Crippen molar-refractivity contribution < 1.29 is 9.53 Å². The van der Waals surface area contributed by atoms with Crippen molar-refractivity contribution in [2.24, 2.45) is 0 Å². The molecule has 0 radical (unpaired) electrons. The van der Waals surface area contributed by atoms with E-state index in [2.05, 4.69) is 5.32 Å². The second-order valence-electron chi connectivity index (χ2n) is 8.35. The Balaban J connectivity index is 1.83. The molecule has 8 heteroatoms. The molecule has 1 unspecified atom stereocenters. The van der Waals surface area contributed by atoms with Crippen molar-refractivity contribution in [3.05, 3.63) is 99.6 Å². The summed E-state index contributed by atoms with van der Waals surface area (Å²) in [5.74, 6) is 1.08. The van der Waals surface area contributed by atoms with E-state index in [1.165, 1.54) is 0 Å². The number of nitrogens with one attached hydrogen (secondary N) is 1. The van der Waals surface area contributed by atoms with E-state index in [0.717, 1.165) is 5.56 Å². The highest BCUT2D eigenvalue weighted by Crippen LogP contribution is 2.29. The smallest absolute Gasteiger partial charge is 0.322 e. The largest absolute Gasteiger partial charge is 0.495 e. The fraction of sp³-hybridized carbons (Fsp3) is 0.250. The summed E-state index contributed by atoms with van der Waals surface area (Å²) in [4.78, 5) is 33.7. The van der Waals surface area contributed by atoms with Crippen LogP contribution in [0.4, 0.5) is 10.5 Å². The predicted octanol–water partition coefficient (Wildman–Crippen LogP) is 6.26. The number of halogens is 1. The number of carbonyl (C=O) groups excluding carboxylic acids is 1. The van der Waals surface area contributed by atoms with Gasteiger partial charge in [0.05, 0.1) is 29.7 Å². The highest BCUT2D eigenvalue weighted by molar-refractivity contribution is 6.31. The van der Waals surface area contributed by atoms with Gasteiger partial charge >= 0.3 is 6.03 Å². The predicted molar refractivity (Wildman–Crippen MR) is 144 cm³/mol. The van der Waals surface area contributed by atoms with Crippen LogP contribution in [0.15, 0.2) is 77.6 Å². The lowest BCUT2D eigenvalue weighted by atomic mass is 10.1. The molecule has 2 amide bonds. The molecule has 3 aromatic carbocycles. The average molecular weight is 505 g/mol. The van der Waals surface area contributed by atoms with E-state index in [1.54, 1.807) is 46.9 Å². The number of carbonyl (C=O) groups is 1. The molecule has 4 rings (SSSR count). The summed E-state index contributed by atoms with van der Waals surface area (Å²) in [5, 5.41) is 3.98. The van der Waals surface area contributed by atoms with Gasteiger partial charge in [-0.3, -0.25) is 9.36 Å². The van der Waals surface area contributed by atoms with Crippen LogP contribution in [-0.2, 0) is 13.1 Å². The number of urea groups is 1. The first-order valence-electron chi connectivity index (χ1n) is 11.9. The Kier molecular flexibility index (Phi) is 7.90. The van der Waals surface area contributed by atoms with E-state index in [9.17, 15) is 9.59 Å². The number of ether oxygens (including phenoxy) is 1. The number of hydrogen-bond acceptors (Lipinski definition) is 4. The van der Waals surface area contributed by atoms with E-state index < -0.39 is 6.04 Å². The molecule has 1 heterocycles. The van der Waals surface area contributed by atoms with Gasteiger partial charge in [-0.15, -0.1) is 0 Å². The minimum atomic E-state index is -0.476. The second kappa shape index (κ2) is 11.3. The first kappa shape index (κ1) is 25.3. The monoisotopic (exact) mass is 504 g/mol. The summed E-state index contributed by atoms with van der Waals surface area (Å²) in [6.45, 7) is 4.63. The Morgan fingerprint density at radius 2 is 1.81 bits per heavy atom. The molecular formula is C28H29ClN4O3. The minimum Gasteiger partial charge on any atom is -0.495 e. The SMILES string of the molecule is CCC(c1nc2cc(Cl)ccc2c(=O)n1CC)N(Cc1ccccc1)C(=O)Nc1ccccc1OC. The van der Waals surface area contributed by atoms with Crippen LogP contribution < -0.4 is 15.6 Å². The van der Waals surface area contributed by atoms with Gasteiger partial charge in [0.2, 0.25) is 0 Å². The third-order valence-corrected chi connectivity index (χ3v) is 6.36. The zero-order valence-electron chi connectivity index (χ0n) is 20.6. The lowest BCUT2D eigenvalue weighted by molar-refractivity contribution is 0.175. The number of rotatable bonds is 8. The van der Waals surface area contributed by atoms with E-state index in [4.69, 9.17) is 21.3 Å². The van der Waals surface area contributed by atoms with E-state index in [0.29, 0.717) is 52.7 Å². The fourth-order valence-electron chi connectivity index (χ4n) is 4.35. The van der Waals surface area contributed by atoms with Crippen LogP contribution in [0.1, 0.15) is 37.7 Å². The highest BCUT2D eigenvalue weighted by atomic mass is 35.5. The summed E-state index contributed by atoms with van der Waals surface area (Å²) in [7, 11) is 1.56. The lowest BCUT2D eigenvalue weighted by Crippen LogP contribution is -2.40. The van der Waals surface area contributed by atoms with Crippen LogP contribution >= 0.6 is 11.6 Å². The van der Waals surface area contributed by atoms with Gasteiger partial charge in [-0.2, -0.15) is 0 Å². The van der Waals surface area contributed by atoms with Crippen LogP contribution in [0, 0.1) is 0 Å². The highest BCUT2D eigenvalue weighted by Gasteiger charge is 2.29. The van der Waals surface area contributed by atoms with Gasteiger partial charge in [0.1, 0.15) is 11.6 Å². The first-order valence-corrected chi connectivity index (χ1v) is 12.3. The van der Waals surface area contributed by atoms with E-state index in [1.807, 2.05) is 56.3 Å². The van der Waals surface area contributed by atoms with Gasteiger partial charge < -0.3 is 15.0 Å². The summed E-state index contributed by atoms with van der Waals surface area (Å²) >= 11 is 6.21. The van der Waals surface area contributed by atoms with Gasteiger partial charge in [-0.05, 0) is 49.2 Å². The quantitative estimate of drug-likeness (QED) is 0.307. The van der Waals surface area contributed by atoms with E-state index >= 15 is 0 Å². The maximum Gasteiger partial charge on any atom is 0.322 e. The molecule has 0 saturated carbocycles. The molecule has 0 aliphatic carbocycles. The van der Waals surface area contributed by atoms with Crippen molar-refractivity contribution in [3.8, 4) is 5.75 Å². The second-order valence-corrected chi connectivity index (χ2v) is 8.79. The van der Waals surface area contributed by atoms with Crippen molar-refractivity contribution in [1.82, 2.24) is 14.5 Å². The summed E-state index contributed by atoms with van der Waals surface area (Å²) < 4.78 is 7.06. The molecule has 4 aromatic rings. The number of nitrogens with zero attached hydrogens (tertiary/aromatic N) is 3. The molecule has 0 aliphatic heterocycles. The maximum atomic E-state index is 13.8. The summed E-state index contributed by atoms with van der Waals surface area (Å²) in [6.07, 6.45) is 0.546. The van der Waals surface area contributed by atoms with E-state index in [-0.39, 0.29) is 11.6 Å². The van der Waals surface area contributed by atoms with Crippen LogP contribution in [-0.4, -0.2) is 27.6 Å². The summed E-state index contributed by atoms with van der Waals surface area (Å²) in [6, 6.07) is 21.3. The average Bonchev–Trinajstić information content (AvgIpc) is 2.89. The van der Waals surface area contributed by atoms with Gasteiger partial charge in [0.25, 0.3) is 5.56 Å². The van der Waals surface area contributed by atoms with Crippen molar-refractivity contribution >= 4 is 34.2 Å². The van der Waals surface area contributed by atoms with Crippen LogP contribution in [0.5, 0.6) is 5.75 Å². The zero-order valence-corrected chi connectivity index (χ0v) is 21.3. The van der Waals surface area contributed by atoms with Crippen molar-refractivity contribution in [3.63, 3.8) is 0 Å². The zero-order chi connectivity index (χ0) is 25.7. The van der Waals surface area contributed by atoms with Crippen molar-refractivity contribution in [2.75, 3.05) is 12.4 Å². The van der Waals surface area contributed by atoms with Crippen LogP contribution in [0.2, 0.25) is 5.02 Å². The first-order chi connectivity index (χ1) is 17.5. The number of benzene rings is 3. The van der Waals surface area contributed by atoms with Gasteiger partial charge in [-0.25, -0.2) is 9.78 Å². The van der Waals surface area contributed by atoms with Crippen molar-refractivity contribution in [1.29, 1.82) is 0 Å². The number of para-hydroxylation sites is 2. The molecule has 1 atom stereocenters. The Morgan fingerprint density at radius 1 is 1.08 bits per heavy atom. The number of amides is 2. The Hall–Kier alpha value is -3.84. The molecule has 0 bridgehead atoms. The number of hydrogen-bond donors (Lipinski definition) is 1. The lowest BCUT2D eigenvalue weighted by Gasteiger charge is -2.32. The third-order valence-electron chi connectivity index (χ3n) is 6.13. The molecule has 1 N–H and O–H groups in total. The molecule has 7 nitrogen and oxygen atoms in total. The molecule has 0 saturated heterocycles. The molecule has 0 aliphatic rings. The third kappa shape index (κ3) is 5.21. The molecule has 36 heavy (non-hydrogen) atoms. The number of anilines is 1. The standard InChI is InChI=1S/C28H29ClN4O3/c1-4-24(26-30-23-17-20(29)15-16-21(23)27(34)32(26)5-2)33(18-19-11-7-6-8-12-19)28(35)31-22-13-9-10-14-25(22)36-3/h6-17,24H,4-5,18H2,1-3H3,(H,31,35). The molecule has 0 fully saturated rings. The maximum absolute atomic E-state index is 13.8. The van der Waals surface area contributed by atoms with Crippen molar-refractivity contribution in [2.45, 2.75) is 39.4 Å². The Bertz CT molecular complexity index is 1420. The van der Waals surface area contributed by atoms with Gasteiger partial charge in [0.15, 0.2) is 0 Å². The van der Waals surface area contributed by atoms with Crippen LogP contribution in [0.25, 0.3) is 10.9 Å². The molecular weight excluding hydrogens is 476 g/mol. The number of aromatic nitrogens is 2. The number of fused-ring (bicyclic) bond motifs is 1. The molecule has 1 aromatic heterocycles. The van der Waals surface area contributed by atoms with Gasteiger partial charge in [-0.1, -0.05) is 61.0 Å². The topological polar surface area (TPSA) is 76.5 Å². The van der Waals surface area contributed by atoms with Crippen LogP contribution in [0.3, 0.4) is 0 Å².